The summed E-state index contributed by atoms with van der Waals surface area (Å²) in [5.74, 6) is 0. The van der Waals surface area contributed by atoms with Gasteiger partial charge in [-0.25, -0.2) is 0 Å². The first kappa shape index (κ1) is 9.36. The molecule has 1 N–H and O–H groups in total. The maximum absolute atomic E-state index is 4.41. The van der Waals surface area contributed by atoms with Gasteiger partial charge in [0, 0.05) is 32.3 Å². The molecule has 0 saturated heterocycles. The fourth-order valence-corrected chi connectivity index (χ4v) is 2.46. The summed E-state index contributed by atoms with van der Waals surface area (Å²) in [4.78, 5) is 7.64. The smallest absolute Gasteiger partial charge is 0.0943 e. The standard InChI is InChI=1S/C11H6Br2N2/c12-8-2-6-1-7-3-9(13)5-15-11(7)10(6)14-4-8/h1-5,14H. The van der Waals surface area contributed by atoms with Crippen LogP contribution < -0.4 is 0 Å². The zero-order valence-electron chi connectivity index (χ0n) is 7.59. The molecule has 3 rings (SSSR count). The van der Waals surface area contributed by atoms with Crippen molar-refractivity contribution in [2.45, 2.75) is 0 Å². The van der Waals surface area contributed by atoms with Crippen LogP contribution in [0.1, 0.15) is 0 Å². The molecule has 1 aliphatic carbocycles. The van der Waals surface area contributed by atoms with E-state index in [1.54, 1.807) is 0 Å². The van der Waals surface area contributed by atoms with E-state index in [2.05, 4.69) is 60.0 Å². The number of nitrogens with one attached hydrogen (secondary N) is 1. The number of nitrogens with zero attached hydrogens (tertiary/aromatic N) is 1. The number of fused-ring (bicyclic) bond motifs is 3. The number of halogens is 2. The van der Waals surface area contributed by atoms with Crippen LogP contribution in [0.15, 0.2) is 39.5 Å². The van der Waals surface area contributed by atoms with Crippen molar-refractivity contribution in [3.63, 3.8) is 0 Å². The zero-order valence-corrected chi connectivity index (χ0v) is 10.8. The fraction of sp³-hybridized carbons (Fsp3) is 0. The molecule has 0 saturated carbocycles. The SMILES string of the molecule is Brc1c[nH]c2c3ncc(Br)cc3cc-2c1. The number of hydrogen-bond donors (Lipinski definition) is 1. The number of H-pyrrole nitrogens is 1. The fourth-order valence-electron chi connectivity index (χ4n) is 1.75. The van der Waals surface area contributed by atoms with Crippen LogP contribution in [0.2, 0.25) is 0 Å². The molecule has 0 amide bonds. The van der Waals surface area contributed by atoms with Crippen LogP contribution in [0.3, 0.4) is 0 Å². The van der Waals surface area contributed by atoms with Crippen molar-refractivity contribution in [1.29, 1.82) is 0 Å². The molecule has 0 spiro atoms. The third kappa shape index (κ3) is 1.48. The Morgan fingerprint density at radius 2 is 1.93 bits per heavy atom. The van der Waals surface area contributed by atoms with Gasteiger partial charge in [0.2, 0.25) is 0 Å². The highest BCUT2D eigenvalue weighted by atomic mass is 79.9. The van der Waals surface area contributed by atoms with Gasteiger partial charge in [-0.2, -0.15) is 0 Å². The first-order valence-electron chi connectivity index (χ1n) is 4.46. The Balaban J connectivity index is 2.46. The van der Waals surface area contributed by atoms with Crippen LogP contribution in [0.4, 0.5) is 0 Å². The van der Waals surface area contributed by atoms with Crippen molar-refractivity contribution < 1.29 is 0 Å². The van der Waals surface area contributed by atoms with Gasteiger partial charge in [0.05, 0.1) is 11.2 Å². The minimum Gasteiger partial charge on any atom is -0.358 e. The van der Waals surface area contributed by atoms with E-state index < -0.39 is 0 Å². The second-order valence-electron chi connectivity index (χ2n) is 3.38. The lowest BCUT2D eigenvalue weighted by Crippen LogP contribution is -1.82. The highest BCUT2D eigenvalue weighted by Gasteiger charge is 2.11. The Morgan fingerprint density at radius 1 is 1.07 bits per heavy atom. The molecule has 0 bridgehead atoms. The molecule has 1 aliphatic heterocycles. The van der Waals surface area contributed by atoms with E-state index in [0.717, 1.165) is 25.5 Å². The number of aromatic nitrogens is 2. The molecule has 0 fully saturated rings. The summed E-state index contributed by atoms with van der Waals surface area (Å²) >= 11 is 6.87. The lowest BCUT2D eigenvalue weighted by molar-refractivity contribution is 1.30. The number of hydrogen-bond acceptors (Lipinski definition) is 1. The van der Waals surface area contributed by atoms with Crippen molar-refractivity contribution in [3.8, 4) is 11.3 Å². The molecule has 0 radical (unpaired) electrons. The van der Waals surface area contributed by atoms with Gasteiger partial charge in [0.25, 0.3) is 0 Å². The van der Waals surface area contributed by atoms with E-state index >= 15 is 0 Å². The van der Waals surface area contributed by atoms with Crippen LogP contribution in [0, 0.1) is 0 Å². The Morgan fingerprint density at radius 3 is 2.80 bits per heavy atom. The molecule has 74 valence electrons. The van der Waals surface area contributed by atoms with Gasteiger partial charge in [-0.3, -0.25) is 4.98 Å². The minimum absolute atomic E-state index is 1.00. The monoisotopic (exact) mass is 324 g/mol. The predicted octanol–water partition coefficient (Wildman–Crippen LogP) is 4.19. The molecule has 1 aromatic rings. The third-order valence-electron chi connectivity index (χ3n) is 2.37. The van der Waals surface area contributed by atoms with Crippen molar-refractivity contribution in [1.82, 2.24) is 9.97 Å². The summed E-state index contributed by atoms with van der Waals surface area (Å²) in [6, 6.07) is 6.29. The van der Waals surface area contributed by atoms with Gasteiger partial charge in [0.15, 0.2) is 0 Å². The minimum atomic E-state index is 1.00. The first-order valence-corrected chi connectivity index (χ1v) is 6.04. The van der Waals surface area contributed by atoms with Crippen molar-refractivity contribution in [3.05, 3.63) is 39.5 Å². The number of pyridine rings is 2. The lowest BCUT2D eigenvalue weighted by atomic mass is 10.2. The van der Waals surface area contributed by atoms with Gasteiger partial charge >= 0.3 is 0 Å². The van der Waals surface area contributed by atoms with Gasteiger partial charge in [-0.1, -0.05) is 0 Å². The molecular formula is C11H6Br2N2. The molecule has 2 nitrogen and oxygen atoms in total. The molecule has 4 heteroatoms. The van der Waals surface area contributed by atoms with E-state index in [-0.39, 0.29) is 0 Å². The topological polar surface area (TPSA) is 28.7 Å². The van der Waals surface area contributed by atoms with Crippen LogP contribution in [0.5, 0.6) is 0 Å². The van der Waals surface area contributed by atoms with Crippen molar-refractivity contribution >= 4 is 42.8 Å². The molecule has 1 aromatic heterocycles. The molecule has 0 atom stereocenters. The predicted molar refractivity (Wildman–Crippen MR) is 68.1 cm³/mol. The van der Waals surface area contributed by atoms with Crippen molar-refractivity contribution in [2.75, 3.05) is 0 Å². The Hall–Kier alpha value is -0.870. The normalized spacial score (nSPS) is 11.3. The number of rotatable bonds is 0. The van der Waals surface area contributed by atoms with Gasteiger partial charge in [-0.05, 0) is 50.1 Å². The molecular weight excluding hydrogens is 320 g/mol. The van der Waals surface area contributed by atoms with Crippen LogP contribution in [-0.2, 0) is 0 Å². The second kappa shape index (κ2) is 3.32. The maximum Gasteiger partial charge on any atom is 0.0943 e. The molecule has 0 unspecified atom stereocenters. The summed E-state index contributed by atoms with van der Waals surface area (Å²) < 4.78 is 2.05. The maximum atomic E-state index is 4.41. The summed E-state index contributed by atoms with van der Waals surface area (Å²) in [5, 5.41) is 1.15. The van der Waals surface area contributed by atoms with Crippen molar-refractivity contribution in [2.24, 2.45) is 0 Å². The van der Waals surface area contributed by atoms with E-state index in [0.29, 0.717) is 0 Å². The van der Waals surface area contributed by atoms with Crippen LogP contribution in [-0.4, -0.2) is 9.97 Å². The van der Waals surface area contributed by atoms with Gasteiger partial charge < -0.3 is 4.98 Å². The molecule has 2 aliphatic rings. The van der Waals surface area contributed by atoms with Gasteiger partial charge in [0.1, 0.15) is 0 Å². The van der Waals surface area contributed by atoms with E-state index in [9.17, 15) is 0 Å². The molecule has 2 heterocycles. The molecule has 15 heavy (non-hydrogen) atoms. The Bertz CT molecular complexity index is 615. The van der Waals surface area contributed by atoms with E-state index in [1.165, 1.54) is 5.56 Å². The summed E-state index contributed by atoms with van der Waals surface area (Å²) in [6.07, 6.45) is 3.74. The second-order valence-corrected chi connectivity index (χ2v) is 5.22. The first-order chi connectivity index (χ1) is 7.24. The summed E-state index contributed by atoms with van der Waals surface area (Å²) in [7, 11) is 0. The average molecular weight is 326 g/mol. The average Bonchev–Trinajstić information content (AvgIpc) is 2.53. The Labute approximate surface area is 103 Å². The third-order valence-corrected chi connectivity index (χ3v) is 3.26. The summed E-state index contributed by atoms with van der Waals surface area (Å²) in [5.41, 5.74) is 3.27. The lowest BCUT2D eigenvalue weighted by Gasteiger charge is -1.99. The largest absolute Gasteiger partial charge is 0.358 e. The zero-order chi connectivity index (χ0) is 10.4. The van der Waals surface area contributed by atoms with E-state index in [1.807, 2.05) is 12.4 Å². The molecule has 0 aromatic carbocycles. The quantitative estimate of drug-likeness (QED) is 0.659. The van der Waals surface area contributed by atoms with Crippen LogP contribution >= 0.6 is 31.9 Å². The summed E-state index contributed by atoms with van der Waals surface area (Å²) in [6.45, 7) is 0. The highest BCUT2D eigenvalue weighted by molar-refractivity contribution is 9.10. The Kier molecular flexibility index (Phi) is 2.07. The number of aromatic amines is 1. The van der Waals surface area contributed by atoms with Gasteiger partial charge in [-0.15, -0.1) is 0 Å². The van der Waals surface area contributed by atoms with E-state index in [4.69, 9.17) is 0 Å². The van der Waals surface area contributed by atoms with Crippen LogP contribution in [0.25, 0.3) is 22.2 Å². The highest BCUT2D eigenvalue weighted by Crippen LogP contribution is 2.33.